The Morgan fingerprint density at radius 3 is 2.67 bits per heavy atom. The van der Waals surface area contributed by atoms with E-state index in [4.69, 9.17) is 14.5 Å². The van der Waals surface area contributed by atoms with Crippen LogP contribution in [0.2, 0.25) is 0 Å². The Hall–Kier alpha value is -2.56. The second-order valence-corrected chi connectivity index (χ2v) is 5.72. The summed E-state index contributed by atoms with van der Waals surface area (Å²) in [6, 6.07) is 8.01. The van der Waals surface area contributed by atoms with E-state index in [1.165, 1.54) is 5.56 Å². The van der Waals surface area contributed by atoms with Crippen LogP contribution in [0.4, 0.5) is 0 Å². The zero-order valence-electron chi connectivity index (χ0n) is 14.7. The first-order chi connectivity index (χ1) is 11.7. The quantitative estimate of drug-likeness (QED) is 0.681. The number of methoxy groups -OCH3 is 1. The summed E-state index contributed by atoms with van der Waals surface area (Å²) < 4.78 is 13.1. The van der Waals surface area contributed by atoms with Gasteiger partial charge in [-0.2, -0.15) is 5.10 Å². The van der Waals surface area contributed by atoms with Crippen LogP contribution in [0.3, 0.4) is 0 Å². The van der Waals surface area contributed by atoms with Gasteiger partial charge in [0.15, 0.2) is 11.5 Å². The summed E-state index contributed by atoms with van der Waals surface area (Å²) in [5.41, 5.74) is 5.13. The molecule has 0 saturated heterocycles. The number of benzene rings is 1. The Bertz CT molecular complexity index is 855. The van der Waals surface area contributed by atoms with Gasteiger partial charge in [-0.05, 0) is 50.1 Å². The minimum absolute atomic E-state index is 0.592. The Labute approximate surface area is 142 Å². The minimum Gasteiger partial charge on any atom is -0.493 e. The second kappa shape index (κ2) is 6.91. The minimum atomic E-state index is 0.592. The van der Waals surface area contributed by atoms with Gasteiger partial charge in [0.05, 0.1) is 31.1 Å². The summed E-state index contributed by atoms with van der Waals surface area (Å²) in [7, 11) is 1.65. The maximum Gasteiger partial charge on any atom is 0.161 e. The van der Waals surface area contributed by atoms with Gasteiger partial charge in [0.2, 0.25) is 0 Å². The van der Waals surface area contributed by atoms with E-state index in [0.29, 0.717) is 6.61 Å². The molecule has 0 aliphatic rings. The molecule has 0 bridgehead atoms. The number of nitrogens with zero attached hydrogens (tertiary/aromatic N) is 3. The van der Waals surface area contributed by atoms with Gasteiger partial charge in [-0.25, -0.2) is 4.98 Å². The Balaban J connectivity index is 2.08. The third-order valence-electron chi connectivity index (χ3n) is 3.98. The first-order valence-corrected chi connectivity index (χ1v) is 8.32. The molecule has 5 heteroatoms. The van der Waals surface area contributed by atoms with Crippen molar-refractivity contribution in [3.05, 3.63) is 36.0 Å². The van der Waals surface area contributed by atoms with Crippen LogP contribution in [-0.2, 0) is 6.54 Å². The number of ether oxygens (including phenoxy) is 2. The smallest absolute Gasteiger partial charge is 0.161 e. The predicted molar refractivity (Wildman–Crippen MR) is 95.7 cm³/mol. The Kier molecular flexibility index (Phi) is 4.69. The maximum absolute atomic E-state index is 5.67. The summed E-state index contributed by atoms with van der Waals surface area (Å²) in [5, 5.41) is 4.46. The zero-order valence-corrected chi connectivity index (χ0v) is 14.7. The molecule has 0 aliphatic carbocycles. The molecule has 2 aromatic heterocycles. The fraction of sp³-hybridized carbons (Fsp3) is 0.368. The molecule has 126 valence electrons. The number of pyridine rings is 1. The summed E-state index contributed by atoms with van der Waals surface area (Å²) >= 11 is 0. The van der Waals surface area contributed by atoms with Crippen LogP contribution in [0.25, 0.3) is 22.3 Å². The van der Waals surface area contributed by atoms with Crippen molar-refractivity contribution >= 4 is 11.0 Å². The molecule has 0 atom stereocenters. The van der Waals surface area contributed by atoms with Crippen LogP contribution in [0.15, 0.2) is 30.5 Å². The van der Waals surface area contributed by atoms with Gasteiger partial charge in [-0.15, -0.1) is 0 Å². The lowest BCUT2D eigenvalue weighted by Gasteiger charge is -2.12. The Morgan fingerprint density at radius 2 is 1.96 bits per heavy atom. The third kappa shape index (κ3) is 2.94. The lowest BCUT2D eigenvalue weighted by molar-refractivity contribution is 0.311. The van der Waals surface area contributed by atoms with Crippen molar-refractivity contribution < 1.29 is 9.47 Å². The average molecular weight is 325 g/mol. The van der Waals surface area contributed by atoms with E-state index < -0.39 is 0 Å². The molecule has 0 N–H and O–H groups in total. The molecule has 0 saturated carbocycles. The lowest BCUT2D eigenvalue weighted by atomic mass is 10.1. The predicted octanol–water partition coefficient (Wildman–Crippen LogP) is 4.22. The summed E-state index contributed by atoms with van der Waals surface area (Å²) in [6.45, 7) is 7.71. The zero-order chi connectivity index (χ0) is 17.1. The number of rotatable bonds is 6. The molecule has 0 radical (unpaired) electrons. The topological polar surface area (TPSA) is 49.2 Å². The number of hydrogen-bond acceptors (Lipinski definition) is 4. The van der Waals surface area contributed by atoms with Gasteiger partial charge in [0.25, 0.3) is 0 Å². The summed E-state index contributed by atoms with van der Waals surface area (Å²) in [5.74, 6) is 1.47. The van der Waals surface area contributed by atoms with E-state index in [0.717, 1.165) is 46.8 Å². The monoisotopic (exact) mass is 325 g/mol. The second-order valence-electron chi connectivity index (χ2n) is 5.72. The fourth-order valence-electron chi connectivity index (χ4n) is 2.93. The molecule has 3 aromatic rings. The van der Waals surface area contributed by atoms with Crippen molar-refractivity contribution in [1.82, 2.24) is 14.8 Å². The number of hydrogen-bond donors (Lipinski definition) is 0. The highest BCUT2D eigenvalue weighted by atomic mass is 16.5. The lowest BCUT2D eigenvalue weighted by Crippen LogP contribution is -2.00. The molecular weight excluding hydrogens is 302 g/mol. The van der Waals surface area contributed by atoms with E-state index in [1.54, 1.807) is 7.11 Å². The Morgan fingerprint density at radius 1 is 1.12 bits per heavy atom. The molecule has 0 unspecified atom stereocenters. The van der Waals surface area contributed by atoms with Crippen molar-refractivity contribution in [1.29, 1.82) is 0 Å². The molecule has 0 amide bonds. The van der Waals surface area contributed by atoms with Gasteiger partial charge < -0.3 is 9.47 Å². The van der Waals surface area contributed by atoms with E-state index >= 15 is 0 Å². The average Bonchev–Trinajstić information content (AvgIpc) is 2.99. The molecule has 24 heavy (non-hydrogen) atoms. The van der Waals surface area contributed by atoms with Crippen LogP contribution in [0, 0.1) is 6.92 Å². The molecule has 0 spiro atoms. The van der Waals surface area contributed by atoms with Gasteiger partial charge in [0, 0.05) is 12.1 Å². The maximum atomic E-state index is 5.67. The standard InChI is InChI=1S/C19H23N3O2/c1-5-9-22-19-13(3)10-15(21-16(19)12-20-22)14-7-8-17(23-4)18(11-14)24-6-2/h7-8,10-12H,5-6,9H2,1-4H3. The van der Waals surface area contributed by atoms with Crippen molar-refractivity contribution in [2.45, 2.75) is 33.7 Å². The molecule has 0 aliphatic heterocycles. The normalized spacial score (nSPS) is 11.0. The number of fused-ring (bicyclic) bond motifs is 1. The van der Waals surface area contributed by atoms with Crippen LogP contribution in [-0.4, -0.2) is 28.5 Å². The van der Waals surface area contributed by atoms with Gasteiger partial charge in [-0.3, -0.25) is 4.68 Å². The van der Waals surface area contributed by atoms with Crippen molar-refractivity contribution in [3.63, 3.8) is 0 Å². The van der Waals surface area contributed by atoms with Crippen LogP contribution < -0.4 is 9.47 Å². The van der Waals surface area contributed by atoms with E-state index in [9.17, 15) is 0 Å². The van der Waals surface area contributed by atoms with E-state index in [1.807, 2.05) is 36.0 Å². The largest absolute Gasteiger partial charge is 0.493 e. The van der Waals surface area contributed by atoms with Gasteiger partial charge >= 0.3 is 0 Å². The molecule has 1 aromatic carbocycles. The fourth-order valence-corrected chi connectivity index (χ4v) is 2.93. The van der Waals surface area contributed by atoms with E-state index in [-0.39, 0.29) is 0 Å². The van der Waals surface area contributed by atoms with Crippen molar-refractivity contribution in [3.8, 4) is 22.8 Å². The van der Waals surface area contributed by atoms with Crippen molar-refractivity contribution in [2.24, 2.45) is 0 Å². The van der Waals surface area contributed by atoms with Crippen molar-refractivity contribution in [2.75, 3.05) is 13.7 Å². The van der Waals surface area contributed by atoms with Gasteiger partial charge in [0.1, 0.15) is 5.52 Å². The third-order valence-corrected chi connectivity index (χ3v) is 3.98. The van der Waals surface area contributed by atoms with Gasteiger partial charge in [-0.1, -0.05) is 6.92 Å². The van der Waals surface area contributed by atoms with E-state index in [2.05, 4.69) is 25.0 Å². The van der Waals surface area contributed by atoms with Crippen LogP contribution in [0.1, 0.15) is 25.8 Å². The highest BCUT2D eigenvalue weighted by Gasteiger charge is 2.12. The summed E-state index contributed by atoms with van der Waals surface area (Å²) in [6.07, 6.45) is 2.89. The summed E-state index contributed by atoms with van der Waals surface area (Å²) in [4.78, 5) is 4.79. The highest BCUT2D eigenvalue weighted by molar-refractivity contribution is 5.82. The number of aromatic nitrogens is 3. The molecule has 5 nitrogen and oxygen atoms in total. The molecule has 0 fully saturated rings. The first-order valence-electron chi connectivity index (χ1n) is 8.32. The first kappa shape index (κ1) is 16.3. The van der Waals surface area contributed by atoms with Crippen LogP contribution >= 0.6 is 0 Å². The SMILES string of the molecule is CCCn1ncc2nc(-c3ccc(OC)c(OCC)c3)cc(C)c21. The number of aryl methyl sites for hydroxylation is 2. The molecular formula is C19H23N3O2. The van der Waals surface area contributed by atoms with Crippen LogP contribution in [0.5, 0.6) is 11.5 Å². The molecule has 2 heterocycles. The highest BCUT2D eigenvalue weighted by Crippen LogP contribution is 2.33. The molecule has 3 rings (SSSR count).